The number of para-hydroxylation sites is 1. The van der Waals surface area contributed by atoms with Crippen LogP contribution in [0.1, 0.15) is 29.8 Å². The molecule has 114 valence electrons. The molecule has 0 bridgehead atoms. The van der Waals surface area contributed by atoms with Crippen molar-refractivity contribution in [3.05, 3.63) is 58.4 Å². The van der Waals surface area contributed by atoms with Crippen LogP contribution in [-0.4, -0.2) is 28.0 Å². The van der Waals surface area contributed by atoms with Crippen LogP contribution in [0.5, 0.6) is 0 Å². The highest BCUT2D eigenvalue weighted by atomic mass is 16.2. The Kier molecular flexibility index (Phi) is 3.61. The summed E-state index contributed by atoms with van der Waals surface area (Å²) in [4.78, 5) is 27.2. The summed E-state index contributed by atoms with van der Waals surface area (Å²) in [6.45, 7) is 8.84. The highest BCUT2D eigenvalue weighted by Gasteiger charge is 2.24. The van der Waals surface area contributed by atoms with Gasteiger partial charge in [0.2, 0.25) is 5.43 Å². The number of aromatic nitrogens is 1. The molecule has 1 aliphatic heterocycles. The summed E-state index contributed by atoms with van der Waals surface area (Å²) >= 11 is 0. The third kappa shape index (κ3) is 2.15. The molecule has 0 fully saturated rings. The summed E-state index contributed by atoms with van der Waals surface area (Å²) in [5.41, 5.74) is 2.24. The highest BCUT2D eigenvalue weighted by molar-refractivity contribution is 5.98. The lowest BCUT2D eigenvalue weighted by atomic mass is 10.1. The molecule has 0 radical (unpaired) electrons. The maximum absolute atomic E-state index is 12.8. The lowest BCUT2D eigenvalue weighted by Gasteiger charge is -2.25. The van der Waals surface area contributed by atoms with Crippen molar-refractivity contribution in [3.63, 3.8) is 0 Å². The van der Waals surface area contributed by atoms with Crippen LogP contribution in [-0.2, 0) is 13.0 Å². The van der Waals surface area contributed by atoms with Crippen molar-refractivity contribution >= 4 is 16.8 Å². The van der Waals surface area contributed by atoms with Crippen molar-refractivity contribution in [1.29, 1.82) is 0 Å². The molecule has 1 aliphatic rings. The predicted octanol–water partition coefficient (Wildman–Crippen LogP) is 2.59. The maximum Gasteiger partial charge on any atom is 0.259 e. The number of aryl methyl sites for hydroxylation is 2. The van der Waals surface area contributed by atoms with Crippen molar-refractivity contribution in [1.82, 2.24) is 9.47 Å². The lowest BCUT2D eigenvalue weighted by molar-refractivity contribution is 0.0727. The molecule has 4 nitrogen and oxygen atoms in total. The molecule has 0 atom stereocenters. The van der Waals surface area contributed by atoms with Crippen molar-refractivity contribution in [2.75, 3.05) is 6.54 Å². The second-order valence-corrected chi connectivity index (χ2v) is 5.97. The normalized spacial score (nSPS) is 12.9. The van der Waals surface area contributed by atoms with Gasteiger partial charge in [-0.05, 0) is 31.9 Å². The molecule has 1 aromatic carbocycles. The van der Waals surface area contributed by atoms with Crippen LogP contribution in [0.15, 0.2) is 41.8 Å². The van der Waals surface area contributed by atoms with Gasteiger partial charge in [0, 0.05) is 30.7 Å². The molecule has 0 saturated carbocycles. The van der Waals surface area contributed by atoms with Crippen LogP contribution >= 0.6 is 0 Å². The number of nitrogens with zero attached hydrogens (tertiary/aromatic N) is 2. The highest BCUT2D eigenvalue weighted by Crippen LogP contribution is 2.24. The second-order valence-electron chi connectivity index (χ2n) is 5.97. The Morgan fingerprint density at radius 2 is 2.23 bits per heavy atom. The fourth-order valence-electron chi connectivity index (χ4n) is 3.13. The molecule has 22 heavy (non-hydrogen) atoms. The Morgan fingerprint density at radius 1 is 1.45 bits per heavy atom. The number of hydrogen-bond acceptors (Lipinski definition) is 2. The van der Waals surface area contributed by atoms with E-state index in [0.717, 1.165) is 18.5 Å². The van der Waals surface area contributed by atoms with E-state index in [4.69, 9.17) is 0 Å². The molecule has 2 aromatic rings. The minimum atomic E-state index is -0.220. The molecule has 0 saturated heterocycles. The Bertz CT molecular complexity index is 818. The van der Waals surface area contributed by atoms with Gasteiger partial charge in [-0.25, -0.2) is 0 Å². The third-order valence-corrected chi connectivity index (χ3v) is 4.24. The van der Waals surface area contributed by atoms with Crippen molar-refractivity contribution in [2.45, 2.75) is 32.9 Å². The van der Waals surface area contributed by atoms with E-state index in [2.05, 4.69) is 6.58 Å². The number of pyridine rings is 1. The van der Waals surface area contributed by atoms with Crippen molar-refractivity contribution in [2.24, 2.45) is 0 Å². The van der Waals surface area contributed by atoms with Gasteiger partial charge in [0.15, 0.2) is 0 Å². The van der Waals surface area contributed by atoms with Crippen molar-refractivity contribution in [3.8, 4) is 0 Å². The van der Waals surface area contributed by atoms with Gasteiger partial charge in [0.25, 0.3) is 5.91 Å². The maximum atomic E-state index is 12.8. The molecular weight excluding hydrogens is 276 g/mol. The molecule has 0 N–H and O–H groups in total. The van der Waals surface area contributed by atoms with E-state index >= 15 is 0 Å². The Balaban J connectivity index is 2.17. The largest absolute Gasteiger partial charge is 0.346 e. The van der Waals surface area contributed by atoms with Crippen LogP contribution in [0.4, 0.5) is 0 Å². The molecule has 1 aromatic heterocycles. The zero-order valence-corrected chi connectivity index (χ0v) is 13.0. The molecular formula is C18H20N2O2. The van der Waals surface area contributed by atoms with Crippen LogP contribution in [0.25, 0.3) is 10.9 Å². The average molecular weight is 296 g/mol. The minimum Gasteiger partial charge on any atom is -0.346 e. The van der Waals surface area contributed by atoms with Gasteiger partial charge in [-0.15, -0.1) is 6.58 Å². The molecule has 1 amide bonds. The summed E-state index contributed by atoms with van der Waals surface area (Å²) in [5.74, 6) is -0.220. The first-order valence-electron chi connectivity index (χ1n) is 7.61. The Hall–Kier alpha value is -2.36. The van der Waals surface area contributed by atoms with Gasteiger partial charge in [-0.1, -0.05) is 18.2 Å². The SMILES string of the molecule is C=CCN(C(=O)c1cn2c3c(cccc3c1=O)CC2)C(C)C. The Labute approximate surface area is 129 Å². The Morgan fingerprint density at radius 3 is 2.91 bits per heavy atom. The molecule has 4 heteroatoms. The van der Waals surface area contributed by atoms with E-state index in [1.807, 2.05) is 36.6 Å². The zero-order chi connectivity index (χ0) is 15.9. The van der Waals surface area contributed by atoms with Gasteiger partial charge in [0.05, 0.1) is 5.52 Å². The first-order valence-corrected chi connectivity index (χ1v) is 7.61. The zero-order valence-electron chi connectivity index (χ0n) is 13.0. The third-order valence-electron chi connectivity index (χ3n) is 4.24. The molecule has 0 spiro atoms. The molecule has 2 heterocycles. The number of amides is 1. The van der Waals surface area contributed by atoms with E-state index in [0.29, 0.717) is 11.9 Å². The number of carbonyl (C=O) groups is 1. The van der Waals surface area contributed by atoms with Crippen LogP contribution < -0.4 is 5.43 Å². The summed E-state index contributed by atoms with van der Waals surface area (Å²) in [6, 6.07) is 5.77. The summed E-state index contributed by atoms with van der Waals surface area (Å²) in [7, 11) is 0. The van der Waals surface area contributed by atoms with E-state index in [1.54, 1.807) is 17.2 Å². The van der Waals surface area contributed by atoms with Crippen LogP contribution in [0.3, 0.4) is 0 Å². The lowest BCUT2D eigenvalue weighted by Crippen LogP contribution is -2.39. The second kappa shape index (κ2) is 5.44. The fourth-order valence-corrected chi connectivity index (χ4v) is 3.13. The number of rotatable bonds is 4. The first-order chi connectivity index (χ1) is 10.5. The van der Waals surface area contributed by atoms with Gasteiger partial charge < -0.3 is 9.47 Å². The summed E-state index contributed by atoms with van der Waals surface area (Å²) in [6.07, 6.45) is 4.32. The minimum absolute atomic E-state index is 0.0190. The standard InChI is InChI=1S/C18H20N2O2/c1-4-9-20(12(2)3)18(22)15-11-19-10-8-13-6-5-7-14(16(13)19)17(15)21/h4-7,11-12H,1,8-10H2,2-3H3. The van der Waals surface area contributed by atoms with E-state index in [1.165, 1.54) is 5.56 Å². The van der Waals surface area contributed by atoms with Gasteiger partial charge >= 0.3 is 0 Å². The molecule has 3 rings (SSSR count). The smallest absolute Gasteiger partial charge is 0.259 e. The predicted molar refractivity (Wildman–Crippen MR) is 88.3 cm³/mol. The first kappa shape index (κ1) is 14.6. The summed E-state index contributed by atoms with van der Waals surface area (Å²) in [5, 5.41) is 0.642. The quantitative estimate of drug-likeness (QED) is 0.814. The topological polar surface area (TPSA) is 42.3 Å². The average Bonchev–Trinajstić information content (AvgIpc) is 2.91. The van der Waals surface area contributed by atoms with E-state index < -0.39 is 0 Å². The molecule has 0 aliphatic carbocycles. The number of benzene rings is 1. The van der Waals surface area contributed by atoms with Crippen LogP contribution in [0, 0.1) is 0 Å². The van der Waals surface area contributed by atoms with E-state index in [-0.39, 0.29) is 22.9 Å². The van der Waals surface area contributed by atoms with Gasteiger partial charge in [-0.3, -0.25) is 9.59 Å². The van der Waals surface area contributed by atoms with Gasteiger partial charge in [0.1, 0.15) is 5.56 Å². The van der Waals surface area contributed by atoms with Gasteiger partial charge in [-0.2, -0.15) is 0 Å². The van der Waals surface area contributed by atoms with Crippen molar-refractivity contribution < 1.29 is 4.79 Å². The summed E-state index contributed by atoms with van der Waals surface area (Å²) < 4.78 is 2.03. The van der Waals surface area contributed by atoms with Crippen LogP contribution in [0.2, 0.25) is 0 Å². The van der Waals surface area contributed by atoms with E-state index in [9.17, 15) is 9.59 Å². The molecule has 0 unspecified atom stereocenters. The fraction of sp³-hybridized carbons (Fsp3) is 0.333. The number of carbonyl (C=O) groups excluding carboxylic acids is 1. The number of hydrogen-bond donors (Lipinski definition) is 0. The monoisotopic (exact) mass is 296 g/mol.